The van der Waals surface area contributed by atoms with Crippen molar-refractivity contribution in [3.8, 4) is 5.75 Å². The molecule has 0 unspecified atom stereocenters. The number of carboxylic acids is 1. The first-order valence-electron chi connectivity index (χ1n) is 7.23. The zero-order valence-corrected chi connectivity index (χ0v) is 12.4. The zero-order chi connectivity index (χ0) is 16.1. The van der Waals surface area contributed by atoms with E-state index in [4.69, 9.17) is 9.52 Å². The van der Waals surface area contributed by atoms with E-state index in [-0.39, 0.29) is 25.3 Å². The molecule has 6 nitrogen and oxygen atoms in total. The minimum atomic E-state index is -0.897. The van der Waals surface area contributed by atoms with Crippen molar-refractivity contribution < 1.29 is 19.4 Å². The first-order chi connectivity index (χ1) is 10.5. The second-order valence-electron chi connectivity index (χ2n) is 5.10. The molecule has 6 heteroatoms. The van der Waals surface area contributed by atoms with Crippen LogP contribution in [0, 0.1) is 0 Å². The normalized spacial score (nSPS) is 11.0. The largest absolute Gasteiger partial charge is 0.507 e. The van der Waals surface area contributed by atoms with Crippen LogP contribution < -0.4 is 10.9 Å². The number of benzene rings is 1. The maximum absolute atomic E-state index is 11.7. The van der Waals surface area contributed by atoms with Gasteiger partial charge in [-0.05, 0) is 24.1 Å². The van der Waals surface area contributed by atoms with Gasteiger partial charge in [0.1, 0.15) is 11.3 Å². The van der Waals surface area contributed by atoms with Crippen LogP contribution >= 0.6 is 0 Å². The molecule has 0 saturated carbocycles. The number of hydrogen-bond acceptors (Lipinski definition) is 5. The molecule has 1 aromatic carbocycles. The predicted octanol–water partition coefficient (Wildman–Crippen LogP) is 2.02. The fourth-order valence-corrected chi connectivity index (χ4v) is 2.39. The van der Waals surface area contributed by atoms with E-state index in [0.717, 1.165) is 23.8 Å². The van der Waals surface area contributed by atoms with Gasteiger partial charge in [0, 0.05) is 24.5 Å². The van der Waals surface area contributed by atoms with Crippen molar-refractivity contribution in [2.75, 3.05) is 6.54 Å². The van der Waals surface area contributed by atoms with E-state index in [0.29, 0.717) is 11.1 Å². The molecule has 0 saturated heterocycles. The van der Waals surface area contributed by atoms with Crippen LogP contribution in [0.3, 0.4) is 0 Å². The Morgan fingerprint density at radius 2 is 2.14 bits per heavy atom. The SMILES string of the molecule is CCCc1cc(=O)oc2c(CNCCC(=O)O)c(O)ccc12. The minimum Gasteiger partial charge on any atom is -0.507 e. The van der Waals surface area contributed by atoms with E-state index in [9.17, 15) is 14.7 Å². The van der Waals surface area contributed by atoms with Crippen LogP contribution in [-0.2, 0) is 17.8 Å². The second-order valence-corrected chi connectivity index (χ2v) is 5.10. The lowest BCUT2D eigenvalue weighted by Crippen LogP contribution is -2.18. The Bertz CT molecular complexity index is 735. The van der Waals surface area contributed by atoms with Crippen molar-refractivity contribution in [1.82, 2.24) is 5.32 Å². The fourth-order valence-electron chi connectivity index (χ4n) is 2.39. The summed E-state index contributed by atoms with van der Waals surface area (Å²) in [4.78, 5) is 22.2. The standard InChI is InChI=1S/C16H19NO5/c1-2-3-10-8-15(21)22-16-11(10)4-5-13(18)12(16)9-17-7-6-14(19)20/h4-5,8,17-18H,2-3,6-7,9H2,1H3,(H,19,20). The molecule has 0 fully saturated rings. The predicted molar refractivity (Wildman–Crippen MR) is 82.1 cm³/mol. The number of aromatic hydroxyl groups is 1. The van der Waals surface area contributed by atoms with Crippen molar-refractivity contribution in [1.29, 1.82) is 0 Å². The molecule has 0 atom stereocenters. The lowest BCUT2D eigenvalue weighted by atomic mass is 10.0. The van der Waals surface area contributed by atoms with Crippen molar-refractivity contribution >= 4 is 16.9 Å². The molecule has 3 N–H and O–H groups in total. The van der Waals surface area contributed by atoms with Gasteiger partial charge in [0.15, 0.2) is 0 Å². The molecule has 22 heavy (non-hydrogen) atoms. The van der Waals surface area contributed by atoms with E-state index in [1.807, 2.05) is 6.92 Å². The number of nitrogens with one attached hydrogen (secondary N) is 1. The van der Waals surface area contributed by atoms with Gasteiger partial charge in [0.2, 0.25) is 0 Å². The van der Waals surface area contributed by atoms with Gasteiger partial charge >= 0.3 is 11.6 Å². The van der Waals surface area contributed by atoms with Crippen molar-refractivity contribution in [3.05, 3.63) is 39.7 Å². The van der Waals surface area contributed by atoms with Crippen LogP contribution in [0.4, 0.5) is 0 Å². The summed E-state index contributed by atoms with van der Waals surface area (Å²) < 4.78 is 5.27. The van der Waals surface area contributed by atoms with Crippen LogP contribution in [0.25, 0.3) is 11.0 Å². The Balaban J connectivity index is 2.37. The molecule has 0 spiro atoms. The number of hydrogen-bond donors (Lipinski definition) is 3. The van der Waals surface area contributed by atoms with E-state index in [2.05, 4.69) is 5.32 Å². The van der Waals surface area contributed by atoms with Crippen molar-refractivity contribution in [2.24, 2.45) is 0 Å². The number of fused-ring (bicyclic) bond motifs is 1. The third kappa shape index (κ3) is 3.65. The highest BCUT2D eigenvalue weighted by Crippen LogP contribution is 2.28. The van der Waals surface area contributed by atoms with Crippen LogP contribution in [-0.4, -0.2) is 22.7 Å². The molecule has 1 aromatic heterocycles. The number of aryl methyl sites for hydroxylation is 1. The molecule has 0 aliphatic carbocycles. The Kier molecular flexibility index (Phi) is 5.16. The maximum Gasteiger partial charge on any atom is 0.336 e. The van der Waals surface area contributed by atoms with E-state index >= 15 is 0 Å². The third-order valence-corrected chi connectivity index (χ3v) is 3.41. The van der Waals surface area contributed by atoms with Gasteiger partial charge in [-0.25, -0.2) is 4.79 Å². The molecule has 0 amide bonds. The van der Waals surface area contributed by atoms with E-state index in [1.54, 1.807) is 12.1 Å². The monoisotopic (exact) mass is 305 g/mol. The van der Waals surface area contributed by atoms with Gasteiger partial charge in [0.05, 0.1) is 12.0 Å². The van der Waals surface area contributed by atoms with Crippen LogP contribution in [0.2, 0.25) is 0 Å². The highest BCUT2D eigenvalue weighted by atomic mass is 16.4. The van der Waals surface area contributed by atoms with Crippen LogP contribution in [0.5, 0.6) is 5.75 Å². The number of carbonyl (C=O) groups is 1. The van der Waals surface area contributed by atoms with Gasteiger partial charge in [-0.2, -0.15) is 0 Å². The average molecular weight is 305 g/mol. The molecule has 0 aliphatic heterocycles. The third-order valence-electron chi connectivity index (χ3n) is 3.41. The lowest BCUT2D eigenvalue weighted by Gasteiger charge is -2.11. The van der Waals surface area contributed by atoms with E-state index in [1.165, 1.54) is 6.07 Å². The molecule has 2 aromatic rings. The Morgan fingerprint density at radius 3 is 2.82 bits per heavy atom. The molecule has 0 aliphatic rings. The quantitative estimate of drug-likeness (QED) is 0.534. The maximum atomic E-state index is 11.7. The zero-order valence-electron chi connectivity index (χ0n) is 12.4. The molecule has 118 valence electrons. The molecule has 0 radical (unpaired) electrons. The Hall–Kier alpha value is -2.34. The number of phenolic OH excluding ortho intramolecular Hbond substituents is 1. The fraction of sp³-hybridized carbons (Fsp3) is 0.375. The summed E-state index contributed by atoms with van der Waals surface area (Å²) >= 11 is 0. The summed E-state index contributed by atoms with van der Waals surface area (Å²) in [7, 11) is 0. The summed E-state index contributed by atoms with van der Waals surface area (Å²) in [5.41, 5.74) is 1.27. The highest BCUT2D eigenvalue weighted by molar-refractivity contribution is 5.85. The molecular weight excluding hydrogens is 286 g/mol. The summed E-state index contributed by atoms with van der Waals surface area (Å²) in [6, 6.07) is 4.78. The second kappa shape index (κ2) is 7.09. The summed E-state index contributed by atoms with van der Waals surface area (Å²) in [6.07, 6.45) is 1.63. The van der Waals surface area contributed by atoms with Crippen molar-refractivity contribution in [2.45, 2.75) is 32.7 Å². The van der Waals surface area contributed by atoms with E-state index < -0.39 is 11.6 Å². The average Bonchev–Trinajstić information content (AvgIpc) is 2.45. The Labute approximate surface area is 127 Å². The summed E-state index contributed by atoms with van der Waals surface area (Å²) in [6.45, 7) is 2.52. The smallest absolute Gasteiger partial charge is 0.336 e. The summed E-state index contributed by atoms with van der Waals surface area (Å²) in [5, 5.41) is 22.4. The van der Waals surface area contributed by atoms with Gasteiger partial charge in [0.25, 0.3) is 0 Å². The number of phenols is 1. The Morgan fingerprint density at radius 1 is 1.36 bits per heavy atom. The lowest BCUT2D eigenvalue weighted by molar-refractivity contribution is -0.136. The number of carboxylic acid groups (broad SMARTS) is 1. The summed E-state index contributed by atoms with van der Waals surface area (Å²) in [5.74, 6) is -0.876. The van der Waals surface area contributed by atoms with Crippen LogP contribution in [0.1, 0.15) is 30.9 Å². The molecular formula is C16H19NO5. The molecule has 2 rings (SSSR count). The molecule has 1 heterocycles. The van der Waals surface area contributed by atoms with Gasteiger partial charge in [-0.1, -0.05) is 13.3 Å². The number of aliphatic carboxylic acids is 1. The van der Waals surface area contributed by atoms with Gasteiger partial charge in [-0.3, -0.25) is 4.79 Å². The minimum absolute atomic E-state index is 0.0173. The highest BCUT2D eigenvalue weighted by Gasteiger charge is 2.13. The first-order valence-corrected chi connectivity index (χ1v) is 7.23. The topological polar surface area (TPSA) is 99.8 Å². The number of rotatable bonds is 7. The van der Waals surface area contributed by atoms with Gasteiger partial charge in [-0.15, -0.1) is 0 Å². The molecule has 0 bridgehead atoms. The van der Waals surface area contributed by atoms with Crippen molar-refractivity contribution in [3.63, 3.8) is 0 Å². The van der Waals surface area contributed by atoms with Crippen LogP contribution in [0.15, 0.2) is 27.4 Å². The van der Waals surface area contributed by atoms with Gasteiger partial charge < -0.3 is 19.9 Å². The first kappa shape index (κ1) is 16.0.